The minimum Gasteiger partial charge on any atom is -0.469 e. The third-order valence-corrected chi connectivity index (χ3v) is 2.87. The van der Waals surface area contributed by atoms with Crippen molar-refractivity contribution in [2.45, 2.75) is 25.4 Å². The first kappa shape index (κ1) is 12.8. The predicted octanol–water partition coefficient (Wildman–Crippen LogP) is 0.302. The van der Waals surface area contributed by atoms with Crippen molar-refractivity contribution in [1.82, 2.24) is 0 Å². The molecule has 0 radical (unpaired) electrons. The van der Waals surface area contributed by atoms with Gasteiger partial charge < -0.3 is 23.7 Å². The summed E-state index contributed by atoms with van der Waals surface area (Å²) in [5, 5.41) is 0. The normalized spacial score (nSPS) is 22.5. The summed E-state index contributed by atoms with van der Waals surface area (Å²) in [5.41, 5.74) is 0. The Morgan fingerprint density at radius 1 is 1.06 bits per heavy atom. The fourth-order valence-corrected chi connectivity index (χ4v) is 2.01. The zero-order valence-electron chi connectivity index (χ0n) is 9.92. The molecule has 2 heterocycles. The van der Waals surface area contributed by atoms with Crippen LogP contribution in [0.15, 0.2) is 0 Å². The average molecular weight is 246 g/mol. The van der Waals surface area contributed by atoms with Gasteiger partial charge in [0.2, 0.25) is 0 Å². The Morgan fingerprint density at radius 2 is 1.47 bits per heavy atom. The van der Waals surface area contributed by atoms with Gasteiger partial charge in [-0.1, -0.05) is 0 Å². The number of hydrogen-bond donors (Lipinski definition) is 0. The van der Waals surface area contributed by atoms with E-state index in [2.05, 4.69) is 0 Å². The van der Waals surface area contributed by atoms with E-state index < -0.39 is 0 Å². The van der Waals surface area contributed by atoms with Crippen molar-refractivity contribution < 1.29 is 28.5 Å². The van der Waals surface area contributed by atoms with E-state index in [9.17, 15) is 4.79 Å². The minimum atomic E-state index is -0.319. The van der Waals surface area contributed by atoms with Crippen molar-refractivity contribution in [1.29, 1.82) is 0 Å². The second kappa shape index (κ2) is 6.30. The van der Waals surface area contributed by atoms with Crippen LogP contribution < -0.4 is 0 Å². The van der Waals surface area contributed by atoms with Crippen molar-refractivity contribution in [3.63, 3.8) is 0 Å². The Morgan fingerprint density at radius 3 is 1.82 bits per heavy atom. The molecule has 0 aromatic carbocycles. The molecule has 0 bridgehead atoms. The van der Waals surface area contributed by atoms with E-state index in [4.69, 9.17) is 23.7 Å². The van der Waals surface area contributed by atoms with E-state index in [1.54, 1.807) is 0 Å². The molecule has 2 fully saturated rings. The highest BCUT2D eigenvalue weighted by Gasteiger charge is 2.31. The van der Waals surface area contributed by atoms with Gasteiger partial charge in [-0.15, -0.1) is 0 Å². The molecule has 2 rings (SSSR count). The molecule has 0 spiro atoms. The lowest BCUT2D eigenvalue weighted by atomic mass is 10.0. The molecule has 0 aromatic heterocycles. The molecule has 0 amide bonds. The second-order valence-corrected chi connectivity index (χ2v) is 4.03. The standard InChI is InChI=1S/C11H18O6/c1-13-11(12)8(6-9-14-2-3-15-9)7-10-16-4-5-17-10/h8-10H,2-7H2,1H3. The number of ether oxygens (including phenoxy) is 5. The van der Waals surface area contributed by atoms with Crippen LogP contribution >= 0.6 is 0 Å². The van der Waals surface area contributed by atoms with Gasteiger partial charge in [0, 0.05) is 12.8 Å². The van der Waals surface area contributed by atoms with Gasteiger partial charge in [-0.05, 0) is 0 Å². The summed E-state index contributed by atoms with van der Waals surface area (Å²) in [6, 6.07) is 0. The topological polar surface area (TPSA) is 63.2 Å². The van der Waals surface area contributed by atoms with Gasteiger partial charge in [-0.2, -0.15) is 0 Å². The molecule has 98 valence electrons. The monoisotopic (exact) mass is 246 g/mol. The number of rotatable bonds is 5. The fourth-order valence-electron chi connectivity index (χ4n) is 2.01. The SMILES string of the molecule is COC(=O)C(CC1OCCO1)CC1OCCO1. The Labute approximate surface area is 100 Å². The summed E-state index contributed by atoms with van der Waals surface area (Å²) in [6.07, 6.45) is 0.326. The first-order valence-electron chi connectivity index (χ1n) is 5.84. The molecule has 0 saturated carbocycles. The predicted molar refractivity (Wildman–Crippen MR) is 56.1 cm³/mol. The van der Waals surface area contributed by atoms with Crippen LogP contribution in [0.25, 0.3) is 0 Å². The Hall–Kier alpha value is -0.690. The third kappa shape index (κ3) is 3.64. The molecule has 2 saturated heterocycles. The lowest BCUT2D eigenvalue weighted by Gasteiger charge is -2.20. The van der Waals surface area contributed by atoms with Crippen molar-refractivity contribution in [2.75, 3.05) is 33.5 Å². The average Bonchev–Trinajstić information content (AvgIpc) is 3.00. The van der Waals surface area contributed by atoms with Crippen molar-refractivity contribution in [3.05, 3.63) is 0 Å². The molecular formula is C11H18O6. The van der Waals surface area contributed by atoms with E-state index >= 15 is 0 Å². The van der Waals surface area contributed by atoms with Crippen molar-refractivity contribution in [3.8, 4) is 0 Å². The molecule has 0 unspecified atom stereocenters. The summed E-state index contributed by atoms with van der Waals surface area (Å²) in [4.78, 5) is 11.6. The van der Waals surface area contributed by atoms with E-state index in [1.807, 2.05) is 0 Å². The Balaban J connectivity index is 1.84. The zero-order chi connectivity index (χ0) is 12.1. The molecular weight excluding hydrogens is 228 g/mol. The first-order chi connectivity index (χ1) is 8.29. The minimum absolute atomic E-state index is 0.275. The van der Waals surface area contributed by atoms with Crippen LogP contribution in [-0.4, -0.2) is 52.1 Å². The number of carbonyl (C=O) groups is 1. The summed E-state index contributed by atoms with van der Waals surface area (Å²) >= 11 is 0. The lowest BCUT2D eigenvalue weighted by molar-refractivity contribution is -0.154. The second-order valence-electron chi connectivity index (χ2n) is 4.03. The molecule has 0 aromatic rings. The van der Waals surface area contributed by atoms with Gasteiger partial charge in [0.1, 0.15) is 0 Å². The van der Waals surface area contributed by atoms with E-state index in [0.717, 1.165) is 0 Å². The fraction of sp³-hybridized carbons (Fsp3) is 0.909. The lowest BCUT2D eigenvalue weighted by Crippen LogP contribution is -2.27. The number of hydrogen-bond acceptors (Lipinski definition) is 6. The van der Waals surface area contributed by atoms with Crippen LogP contribution in [0.1, 0.15) is 12.8 Å². The maximum absolute atomic E-state index is 11.6. The summed E-state index contributed by atoms with van der Waals surface area (Å²) < 4.78 is 26.1. The smallest absolute Gasteiger partial charge is 0.309 e. The zero-order valence-corrected chi connectivity index (χ0v) is 9.92. The third-order valence-electron chi connectivity index (χ3n) is 2.87. The summed E-state index contributed by atoms with van der Waals surface area (Å²) in [6.45, 7) is 2.31. The molecule has 0 N–H and O–H groups in total. The van der Waals surface area contributed by atoms with Gasteiger partial charge in [0.15, 0.2) is 12.6 Å². The van der Waals surface area contributed by atoms with Crippen LogP contribution in [0, 0.1) is 5.92 Å². The van der Waals surface area contributed by atoms with Crippen LogP contribution in [0.4, 0.5) is 0 Å². The molecule has 2 aliphatic heterocycles. The largest absolute Gasteiger partial charge is 0.469 e. The number of methoxy groups -OCH3 is 1. The Kier molecular flexibility index (Phi) is 4.73. The van der Waals surface area contributed by atoms with E-state index in [-0.39, 0.29) is 24.5 Å². The maximum atomic E-state index is 11.6. The summed E-state index contributed by atoms with van der Waals surface area (Å²) in [7, 11) is 1.38. The number of esters is 1. The van der Waals surface area contributed by atoms with Crippen LogP contribution in [0.5, 0.6) is 0 Å². The van der Waals surface area contributed by atoms with Crippen LogP contribution in [0.2, 0.25) is 0 Å². The summed E-state index contributed by atoms with van der Waals surface area (Å²) in [5.74, 6) is -0.589. The molecule has 6 nitrogen and oxygen atoms in total. The van der Waals surface area contributed by atoms with Gasteiger partial charge in [-0.3, -0.25) is 4.79 Å². The molecule has 2 aliphatic rings. The van der Waals surface area contributed by atoms with Crippen molar-refractivity contribution in [2.24, 2.45) is 5.92 Å². The van der Waals surface area contributed by atoms with Crippen LogP contribution in [0.3, 0.4) is 0 Å². The number of carbonyl (C=O) groups excluding carboxylic acids is 1. The first-order valence-corrected chi connectivity index (χ1v) is 5.84. The van der Waals surface area contributed by atoms with Gasteiger partial charge >= 0.3 is 5.97 Å². The highest BCUT2D eigenvalue weighted by Crippen LogP contribution is 2.23. The van der Waals surface area contributed by atoms with Gasteiger partial charge in [-0.25, -0.2) is 0 Å². The Bertz CT molecular complexity index is 226. The van der Waals surface area contributed by atoms with Gasteiger partial charge in [0.25, 0.3) is 0 Å². The van der Waals surface area contributed by atoms with Gasteiger partial charge in [0.05, 0.1) is 39.5 Å². The van der Waals surface area contributed by atoms with E-state index in [0.29, 0.717) is 39.3 Å². The highest BCUT2D eigenvalue weighted by atomic mass is 16.7. The molecule has 0 aliphatic carbocycles. The highest BCUT2D eigenvalue weighted by molar-refractivity contribution is 5.72. The molecule has 6 heteroatoms. The molecule has 0 atom stereocenters. The quantitative estimate of drug-likeness (QED) is 0.650. The van der Waals surface area contributed by atoms with Crippen molar-refractivity contribution >= 4 is 5.97 Å². The van der Waals surface area contributed by atoms with Crippen LogP contribution in [-0.2, 0) is 28.5 Å². The molecule has 17 heavy (non-hydrogen) atoms. The maximum Gasteiger partial charge on any atom is 0.309 e. The van der Waals surface area contributed by atoms with E-state index in [1.165, 1.54) is 7.11 Å².